The Bertz CT molecular complexity index is 141. The molecule has 0 N–H and O–H groups in total. The maximum absolute atomic E-state index is 4.11. The minimum atomic E-state index is 0. The van der Waals surface area contributed by atoms with E-state index in [1.165, 1.54) is 0 Å². The molecule has 1 aromatic rings. The second kappa shape index (κ2) is 4.20. The molecule has 0 atom stereocenters. The third kappa shape index (κ3) is 2.75. The summed E-state index contributed by atoms with van der Waals surface area (Å²) in [5.41, 5.74) is 2.22. The summed E-state index contributed by atoms with van der Waals surface area (Å²) in [5, 5.41) is 0. The maximum Gasteiger partial charge on any atom is 1.00 e. The summed E-state index contributed by atoms with van der Waals surface area (Å²) >= 11 is 0. The first-order valence-corrected chi connectivity index (χ1v) is 2.36. The molecule has 0 aromatic carbocycles. The van der Waals surface area contributed by atoms with Crippen LogP contribution in [0.2, 0.25) is 0 Å². The molecule has 0 radical (unpaired) electrons. The Morgan fingerprint density at radius 3 is 1.62 bits per heavy atom. The third-order valence-electron chi connectivity index (χ3n) is 0.918. The van der Waals surface area contributed by atoms with Crippen molar-refractivity contribution < 1.29 is 68.9 Å². The fraction of sp³-hybridized carbons (Fsp3) is 0.333. The van der Waals surface area contributed by atoms with Gasteiger partial charge in [-0.25, -0.2) is 0 Å². The van der Waals surface area contributed by atoms with E-state index in [9.17, 15) is 0 Å². The van der Waals surface area contributed by atoms with Crippen molar-refractivity contribution >= 4 is 0 Å². The standard InChI is InChI=1S/C6H8N.Cs/c1-5-3-4-6(2)7-5;/h3-4H,1-2H3;/q-1;+1. The summed E-state index contributed by atoms with van der Waals surface area (Å²) in [4.78, 5) is 4.11. The van der Waals surface area contributed by atoms with Gasteiger partial charge in [-0.1, -0.05) is 26.0 Å². The zero-order chi connectivity index (χ0) is 5.28. The summed E-state index contributed by atoms with van der Waals surface area (Å²) < 4.78 is 0. The van der Waals surface area contributed by atoms with E-state index in [1.54, 1.807) is 0 Å². The van der Waals surface area contributed by atoms with E-state index < -0.39 is 0 Å². The molecular weight excluding hydrogens is 219 g/mol. The molecule has 1 rings (SSSR count). The van der Waals surface area contributed by atoms with Crippen LogP contribution in [0.25, 0.3) is 0 Å². The molecule has 0 saturated carbocycles. The minimum Gasteiger partial charge on any atom is -0.665 e. The molecule has 1 aromatic heterocycles. The largest absolute Gasteiger partial charge is 1.00 e. The number of hydrogen-bond acceptors (Lipinski definition) is 0. The van der Waals surface area contributed by atoms with E-state index in [-0.39, 0.29) is 68.9 Å². The van der Waals surface area contributed by atoms with Gasteiger partial charge in [-0.2, -0.15) is 11.4 Å². The van der Waals surface area contributed by atoms with Crippen LogP contribution in [0.3, 0.4) is 0 Å². The molecule has 0 aliphatic heterocycles. The Balaban J connectivity index is 0.000000490. The Morgan fingerprint density at radius 2 is 1.50 bits per heavy atom. The Hall–Kier alpha value is 1.33. The monoisotopic (exact) mass is 227 g/mol. The van der Waals surface area contributed by atoms with Gasteiger partial charge >= 0.3 is 68.9 Å². The van der Waals surface area contributed by atoms with Gasteiger partial charge in [0.25, 0.3) is 0 Å². The van der Waals surface area contributed by atoms with E-state index in [2.05, 4.69) is 4.98 Å². The Kier molecular flexibility index (Phi) is 4.89. The van der Waals surface area contributed by atoms with Crippen molar-refractivity contribution in [3.63, 3.8) is 0 Å². The zero-order valence-corrected chi connectivity index (χ0v) is 11.9. The predicted octanol–water partition coefficient (Wildman–Crippen LogP) is -1.74. The molecule has 8 heavy (non-hydrogen) atoms. The fourth-order valence-corrected chi connectivity index (χ4v) is 0.594. The van der Waals surface area contributed by atoms with Crippen molar-refractivity contribution in [1.82, 2.24) is 4.98 Å². The molecule has 0 bridgehead atoms. The van der Waals surface area contributed by atoms with Gasteiger partial charge in [0.15, 0.2) is 0 Å². The summed E-state index contributed by atoms with van der Waals surface area (Å²) in [6.07, 6.45) is 0. The molecule has 0 aliphatic rings. The molecule has 0 spiro atoms. The van der Waals surface area contributed by atoms with Gasteiger partial charge in [0.2, 0.25) is 0 Å². The molecule has 1 nitrogen and oxygen atoms in total. The first-order chi connectivity index (χ1) is 3.29. The third-order valence-corrected chi connectivity index (χ3v) is 0.918. The van der Waals surface area contributed by atoms with Crippen molar-refractivity contribution in [3.8, 4) is 0 Å². The van der Waals surface area contributed by atoms with Crippen molar-refractivity contribution in [2.75, 3.05) is 0 Å². The second-order valence-electron chi connectivity index (χ2n) is 1.73. The van der Waals surface area contributed by atoms with Gasteiger partial charge in [-0.3, -0.25) is 0 Å². The van der Waals surface area contributed by atoms with Gasteiger partial charge < -0.3 is 4.98 Å². The smallest absolute Gasteiger partial charge is 0.665 e. The van der Waals surface area contributed by atoms with E-state index in [4.69, 9.17) is 0 Å². The second-order valence-corrected chi connectivity index (χ2v) is 1.73. The SMILES string of the molecule is Cc1ccc(C)[n-]1.[Cs+]. The molecule has 0 amide bonds. The van der Waals surface area contributed by atoms with E-state index in [0.29, 0.717) is 0 Å². The average Bonchev–Trinajstić information content (AvgIpc) is 1.87. The Labute approximate surface area is 109 Å². The summed E-state index contributed by atoms with van der Waals surface area (Å²) in [6.45, 7) is 3.99. The van der Waals surface area contributed by atoms with Crippen LogP contribution in [0.5, 0.6) is 0 Å². The first kappa shape index (κ1) is 9.33. The van der Waals surface area contributed by atoms with Crippen LogP contribution >= 0.6 is 0 Å². The molecule has 0 saturated heterocycles. The van der Waals surface area contributed by atoms with E-state index in [0.717, 1.165) is 11.4 Å². The van der Waals surface area contributed by atoms with Crippen LogP contribution in [0.15, 0.2) is 12.1 Å². The topological polar surface area (TPSA) is 14.1 Å². The fourth-order valence-electron chi connectivity index (χ4n) is 0.594. The molecule has 0 aliphatic carbocycles. The van der Waals surface area contributed by atoms with Crippen molar-refractivity contribution in [2.45, 2.75) is 13.8 Å². The molecular formula is C6H8CsN. The molecule has 38 valence electrons. The molecule has 2 heteroatoms. The zero-order valence-electron chi connectivity index (χ0n) is 5.60. The number of rotatable bonds is 0. The van der Waals surface area contributed by atoms with Gasteiger partial charge in [-0.15, -0.1) is 0 Å². The first-order valence-electron chi connectivity index (χ1n) is 2.36. The number of aromatic nitrogens is 1. The van der Waals surface area contributed by atoms with Crippen LogP contribution in [0.4, 0.5) is 0 Å². The number of hydrogen-bond donors (Lipinski definition) is 0. The van der Waals surface area contributed by atoms with Crippen LogP contribution in [-0.4, -0.2) is 0 Å². The van der Waals surface area contributed by atoms with E-state index in [1.807, 2.05) is 26.0 Å². The van der Waals surface area contributed by atoms with Gasteiger partial charge in [-0.05, 0) is 0 Å². The maximum atomic E-state index is 4.11. The van der Waals surface area contributed by atoms with Crippen molar-refractivity contribution in [2.24, 2.45) is 0 Å². The van der Waals surface area contributed by atoms with Crippen LogP contribution < -0.4 is 73.9 Å². The van der Waals surface area contributed by atoms with Crippen LogP contribution in [-0.2, 0) is 0 Å². The van der Waals surface area contributed by atoms with Crippen LogP contribution in [0, 0.1) is 13.8 Å². The summed E-state index contributed by atoms with van der Waals surface area (Å²) in [7, 11) is 0. The van der Waals surface area contributed by atoms with Gasteiger partial charge in [0.05, 0.1) is 0 Å². The quantitative estimate of drug-likeness (QED) is 0.513. The summed E-state index contributed by atoms with van der Waals surface area (Å²) in [5.74, 6) is 0. The molecule has 0 unspecified atom stereocenters. The van der Waals surface area contributed by atoms with Crippen LogP contribution in [0.1, 0.15) is 11.4 Å². The number of nitrogens with zero attached hydrogens (tertiary/aromatic N) is 1. The van der Waals surface area contributed by atoms with Gasteiger partial charge in [0, 0.05) is 0 Å². The number of aryl methyl sites for hydroxylation is 2. The van der Waals surface area contributed by atoms with Crippen molar-refractivity contribution in [3.05, 3.63) is 23.5 Å². The normalized spacial score (nSPS) is 8.25. The predicted molar refractivity (Wildman–Crippen MR) is 29.2 cm³/mol. The summed E-state index contributed by atoms with van der Waals surface area (Å²) in [6, 6.07) is 4.02. The Morgan fingerprint density at radius 1 is 1.12 bits per heavy atom. The molecule has 0 fully saturated rings. The minimum absolute atomic E-state index is 0. The average molecular weight is 227 g/mol. The molecule has 1 heterocycles. The van der Waals surface area contributed by atoms with E-state index >= 15 is 0 Å². The van der Waals surface area contributed by atoms with Gasteiger partial charge in [0.1, 0.15) is 0 Å². The van der Waals surface area contributed by atoms with Crippen molar-refractivity contribution in [1.29, 1.82) is 0 Å².